The molecule has 4 heteroatoms. The number of hydrogen-bond donors (Lipinski definition) is 0. The lowest BCUT2D eigenvalue weighted by atomic mass is 10.1. The third-order valence-electron chi connectivity index (χ3n) is 6.03. The van der Waals surface area contributed by atoms with Gasteiger partial charge in [0.1, 0.15) is 0 Å². The van der Waals surface area contributed by atoms with E-state index in [2.05, 4.69) is 11.5 Å². The lowest BCUT2D eigenvalue weighted by Crippen LogP contribution is -2.28. The van der Waals surface area contributed by atoms with Gasteiger partial charge in [-0.05, 0) is 26.2 Å². The smallest absolute Gasteiger partial charge is 0.223 e. The van der Waals surface area contributed by atoms with Crippen LogP contribution < -0.4 is 10.2 Å². The zero-order chi connectivity index (χ0) is 20.7. The number of hydrogen-bond acceptors (Lipinski definition) is 3. The van der Waals surface area contributed by atoms with E-state index in [0.717, 1.165) is 44.5 Å². The monoisotopic (exact) mass is 405 g/mol. The first-order chi connectivity index (χ1) is 14.2. The Labute approximate surface area is 178 Å². The number of unbranched alkanes of at least 4 members (excludes halogenated alkanes) is 11. The Kier molecular flexibility index (Phi) is 12.1. The maximum Gasteiger partial charge on any atom is 0.223 e. The van der Waals surface area contributed by atoms with Crippen molar-refractivity contribution in [3.63, 3.8) is 0 Å². The zero-order valence-corrected chi connectivity index (χ0v) is 18.9. The van der Waals surface area contributed by atoms with Crippen LogP contribution in [0.1, 0.15) is 109 Å². The molecule has 0 radical (unpaired) electrons. The van der Waals surface area contributed by atoms with Gasteiger partial charge in [0.15, 0.2) is 12.0 Å². The molecule has 2 heterocycles. The molecule has 166 valence electrons. The van der Waals surface area contributed by atoms with E-state index in [-0.39, 0.29) is 11.7 Å². The normalized spacial score (nSPS) is 16.8. The van der Waals surface area contributed by atoms with Crippen LogP contribution in [0, 0.1) is 6.92 Å². The third-order valence-corrected chi connectivity index (χ3v) is 6.03. The van der Waals surface area contributed by atoms with Crippen molar-refractivity contribution in [3.05, 3.63) is 28.2 Å². The van der Waals surface area contributed by atoms with Crippen LogP contribution in [0.5, 0.6) is 5.75 Å². The summed E-state index contributed by atoms with van der Waals surface area (Å²) in [6, 6.07) is 1.63. The van der Waals surface area contributed by atoms with Crippen molar-refractivity contribution in [2.45, 2.75) is 123 Å². The molecule has 1 unspecified atom stereocenters. The van der Waals surface area contributed by atoms with Gasteiger partial charge in [0.2, 0.25) is 5.43 Å². The molecule has 1 fully saturated rings. The highest BCUT2D eigenvalue weighted by atomic mass is 16.7. The topological polar surface area (TPSA) is 40.5 Å². The number of aryl methyl sites for hydroxylation is 1. The second kappa shape index (κ2) is 14.7. The highest BCUT2D eigenvalue weighted by Gasteiger charge is 2.18. The van der Waals surface area contributed by atoms with Gasteiger partial charge in [-0.1, -0.05) is 77.6 Å². The quantitative estimate of drug-likeness (QED) is 0.303. The van der Waals surface area contributed by atoms with Crippen LogP contribution in [0.4, 0.5) is 0 Å². The van der Waals surface area contributed by atoms with Gasteiger partial charge in [0.25, 0.3) is 0 Å². The van der Waals surface area contributed by atoms with Crippen LogP contribution in [0.25, 0.3) is 0 Å². The summed E-state index contributed by atoms with van der Waals surface area (Å²) < 4.78 is 13.7. The first-order valence-corrected chi connectivity index (χ1v) is 12.2. The van der Waals surface area contributed by atoms with E-state index in [4.69, 9.17) is 9.47 Å². The van der Waals surface area contributed by atoms with Gasteiger partial charge in [-0.3, -0.25) is 4.79 Å². The number of aromatic nitrogens is 1. The number of nitrogens with zero attached hydrogens (tertiary/aromatic N) is 1. The first kappa shape index (κ1) is 24.0. The molecular formula is C25H43NO3. The molecule has 1 aromatic rings. The molecule has 0 saturated carbocycles. The van der Waals surface area contributed by atoms with Crippen LogP contribution in [0.3, 0.4) is 0 Å². The molecule has 0 bridgehead atoms. The van der Waals surface area contributed by atoms with Crippen molar-refractivity contribution < 1.29 is 9.47 Å². The second-order valence-electron chi connectivity index (χ2n) is 8.59. The Morgan fingerprint density at radius 3 is 2.17 bits per heavy atom. The number of rotatable bonds is 15. The summed E-state index contributed by atoms with van der Waals surface area (Å²) in [6.45, 7) is 5.94. The zero-order valence-electron chi connectivity index (χ0n) is 18.9. The molecular weight excluding hydrogens is 362 g/mol. The third kappa shape index (κ3) is 9.37. The van der Waals surface area contributed by atoms with Gasteiger partial charge in [-0.25, -0.2) is 0 Å². The fraction of sp³-hybridized carbons (Fsp3) is 0.800. The molecule has 0 N–H and O–H groups in total. The average Bonchev–Trinajstić information content (AvgIpc) is 2.74. The maximum atomic E-state index is 12.2. The van der Waals surface area contributed by atoms with E-state index < -0.39 is 0 Å². The summed E-state index contributed by atoms with van der Waals surface area (Å²) in [5.74, 6) is 0.471. The van der Waals surface area contributed by atoms with Gasteiger partial charge >= 0.3 is 0 Å². The number of pyridine rings is 1. The Morgan fingerprint density at radius 2 is 1.59 bits per heavy atom. The van der Waals surface area contributed by atoms with Gasteiger partial charge < -0.3 is 14.0 Å². The first-order valence-electron chi connectivity index (χ1n) is 12.2. The van der Waals surface area contributed by atoms with Gasteiger partial charge in [0, 0.05) is 25.2 Å². The van der Waals surface area contributed by atoms with E-state index in [0.29, 0.717) is 5.75 Å². The molecule has 1 aliphatic heterocycles. The maximum absolute atomic E-state index is 12.2. The Morgan fingerprint density at radius 1 is 0.966 bits per heavy atom. The predicted octanol–water partition coefficient (Wildman–Crippen LogP) is 6.76. The Hall–Kier alpha value is -1.29. The molecule has 0 aromatic carbocycles. The van der Waals surface area contributed by atoms with E-state index >= 15 is 0 Å². The van der Waals surface area contributed by atoms with E-state index in [1.807, 2.05) is 13.1 Å². The summed E-state index contributed by atoms with van der Waals surface area (Å²) >= 11 is 0. The minimum Gasteiger partial charge on any atom is -0.459 e. The van der Waals surface area contributed by atoms with E-state index in [1.165, 1.54) is 70.6 Å². The second-order valence-corrected chi connectivity index (χ2v) is 8.59. The molecule has 1 atom stereocenters. The molecule has 1 aliphatic rings. The fourth-order valence-electron chi connectivity index (χ4n) is 4.10. The van der Waals surface area contributed by atoms with Crippen molar-refractivity contribution in [1.29, 1.82) is 0 Å². The van der Waals surface area contributed by atoms with Crippen molar-refractivity contribution >= 4 is 0 Å². The van der Waals surface area contributed by atoms with Crippen molar-refractivity contribution in [2.24, 2.45) is 0 Å². The Bertz CT molecular complexity index is 605. The lowest BCUT2D eigenvalue weighted by Gasteiger charge is -2.24. The van der Waals surface area contributed by atoms with Crippen LogP contribution in [0.2, 0.25) is 0 Å². The summed E-state index contributed by atoms with van der Waals surface area (Å²) in [7, 11) is 0. The molecule has 1 aromatic heterocycles. The van der Waals surface area contributed by atoms with Crippen molar-refractivity contribution in [1.82, 2.24) is 4.57 Å². The van der Waals surface area contributed by atoms with Crippen LogP contribution in [0.15, 0.2) is 17.1 Å². The van der Waals surface area contributed by atoms with Gasteiger partial charge in [-0.2, -0.15) is 0 Å². The highest BCUT2D eigenvalue weighted by Crippen LogP contribution is 2.20. The minimum atomic E-state index is -0.266. The minimum absolute atomic E-state index is 0.0392. The SMILES string of the molecule is CCCCCCCCCCCCCCn1ccc(=O)c(OC2CCCCO2)c1C. The van der Waals surface area contributed by atoms with Crippen LogP contribution >= 0.6 is 0 Å². The van der Waals surface area contributed by atoms with Crippen molar-refractivity contribution in [3.8, 4) is 5.75 Å². The molecule has 4 nitrogen and oxygen atoms in total. The van der Waals surface area contributed by atoms with Crippen LogP contribution in [-0.2, 0) is 11.3 Å². The largest absolute Gasteiger partial charge is 0.459 e. The van der Waals surface area contributed by atoms with Gasteiger partial charge in [0.05, 0.1) is 12.3 Å². The standard InChI is InChI=1S/C25H43NO3/c1-3-4-5-6-7-8-9-10-11-12-13-15-19-26-20-18-23(27)25(22(26)2)29-24-17-14-16-21-28-24/h18,20,24H,3-17,19,21H2,1-2H3. The van der Waals surface area contributed by atoms with E-state index in [9.17, 15) is 4.79 Å². The average molecular weight is 406 g/mol. The van der Waals surface area contributed by atoms with Gasteiger partial charge in [-0.15, -0.1) is 0 Å². The van der Waals surface area contributed by atoms with Crippen molar-refractivity contribution in [2.75, 3.05) is 6.61 Å². The Balaban J connectivity index is 1.60. The number of ether oxygens (including phenoxy) is 2. The molecule has 2 rings (SSSR count). The fourth-order valence-corrected chi connectivity index (χ4v) is 4.10. The molecule has 0 aliphatic carbocycles. The molecule has 29 heavy (non-hydrogen) atoms. The summed E-state index contributed by atoms with van der Waals surface area (Å²) in [5.41, 5.74) is 0.886. The summed E-state index contributed by atoms with van der Waals surface area (Å²) in [6.07, 6.45) is 20.9. The lowest BCUT2D eigenvalue weighted by molar-refractivity contribution is -0.106. The predicted molar refractivity (Wildman–Crippen MR) is 121 cm³/mol. The molecule has 0 amide bonds. The highest BCUT2D eigenvalue weighted by molar-refractivity contribution is 5.27. The summed E-state index contributed by atoms with van der Waals surface area (Å²) in [5, 5.41) is 0. The molecule has 1 saturated heterocycles. The van der Waals surface area contributed by atoms with Crippen LogP contribution in [-0.4, -0.2) is 17.5 Å². The molecule has 0 spiro atoms. The van der Waals surface area contributed by atoms with E-state index in [1.54, 1.807) is 6.07 Å². The summed E-state index contributed by atoms with van der Waals surface area (Å²) in [4.78, 5) is 12.2.